The zero-order valence-corrected chi connectivity index (χ0v) is 16.5. The predicted octanol–water partition coefficient (Wildman–Crippen LogP) is 4.58. The third-order valence-corrected chi connectivity index (χ3v) is 5.17. The largest absolute Gasteiger partial charge is 0.347 e. The molecular formula is C20H23ClN2O2S. The van der Waals surface area contributed by atoms with E-state index in [1.807, 2.05) is 56.3 Å². The maximum Gasteiger partial charge on any atom is 0.243 e. The molecule has 0 heterocycles. The molecule has 2 aromatic carbocycles. The van der Waals surface area contributed by atoms with E-state index in [1.54, 1.807) is 11.8 Å². The minimum atomic E-state index is -0.216. The number of thioether (sulfide) groups is 1. The Morgan fingerprint density at radius 3 is 2.31 bits per heavy atom. The van der Waals surface area contributed by atoms with Crippen LogP contribution < -0.4 is 10.6 Å². The number of hydrogen-bond donors (Lipinski definition) is 2. The molecule has 0 aromatic heterocycles. The number of carbonyl (C=O) groups is 2. The topological polar surface area (TPSA) is 58.2 Å². The molecule has 2 aromatic rings. The van der Waals surface area contributed by atoms with Gasteiger partial charge in [0.2, 0.25) is 11.8 Å². The average Bonchev–Trinajstić information content (AvgIpc) is 2.62. The molecule has 0 fully saturated rings. The number of anilines is 1. The summed E-state index contributed by atoms with van der Waals surface area (Å²) in [7, 11) is 0. The van der Waals surface area contributed by atoms with Crippen molar-refractivity contribution in [3.05, 3.63) is 58.6 Å². The molecule has 0 saturated heterocycles. The Hall–Kier alpha value is -1.98. The van der Waals surface area contributed by atoms with Gasteiger partial charge in [0, 0.05) is 22.0 Å². The molecule has 0 saturated carbocycles. The van der Waals surface area contributed by atoms with Crippen LogP contribution in [0, 0.1) is 13.8 Å². The van der Waals surface area contributed by atoms with Crippen LogP contribution in [0.2, 0.25) is 5.02 Å². The van der Waals surface area contributed by atoms with Crippen molar-refractivity contribution in [3.63, 3.8) is 0 Å². The van der Waals surface area contributed by atoms with E-state index < -0.39 is 0 Å². The normalized spacial score (nSPS) is 10.4. The highest BCUT2D eigenvalue weighted by Gasteiger charge is 2.09. The zero-order valence-electron chi connectivity index (χ0n) is 15.0. The first kappa shape index (κ1) is 20.3. The molecule has 26 heavy (non-hydrogen) atoms. The van der Waals surface area contributed by atoms with Crippen LogP contribution in [0.3, 0.4) is 0 Å². The fraction of sp³-hybridized carbons (Fsp3) is 0.300. The minimum absolute atomic E-state index is 0.0169. The molecule has 0 bridgehead atoms. The monoisotopic (exact) mass is 390 g/mol. The van der Waals surface area contributed by atoms with Crippen molar-refractivity contribution < 1.29 is 9.59 Å². The number of para-hydroxylation sites is 1. The summed E-state index contributed by atoms with van der Waals surface area (Å²) in [6, 6.07) is 13.5. The van der Waals surface area contributed by atoms with Gasteiger partial charge in [0.05, 0.1) is 6.54 Å². The summed E-state index contributed by atoms with van der Waals surface area (Å²) in [6.07, 6.45) is 1.15. The second-order valence-corrected chi connectivity index (χ2v) is 7.60. The molecule has 0 aliphatic carbocycles. The highest BCUT2D eigenvalue weighted by atomic mass is 35.5. The second kappa shape index (κ2) is 10.2. The number of nitrogens with one attached hydrogen (secondary N) is 2. The van der Waals surface area contributed by atoms with E-state index in [9.17, 15) is 9.59 Å². The first-order valence-corrected chi connectivity index (χ1v) is 9.83. The number of aryl methyl sites for hydroxylation is 2. The lowest BCUT2D eigenvalue weighted by Gasteiger charge is -2.12. The SMILES string of the molecule is Cc1cccc(C)c1NC(=O)CNC(=O)CCCSc1ccc(Cl)cc1. The van der Waals surface area contributed by atoms with Crippen molar-refractivity contribution in [2.75, 3.05) is 17.6 Å². The van der Waals surface area contributed by atoms with Crippen LogP contribution in [0.4, 0.5) is 5.69 Å². The molecular weight excluding hydrogens is 368 g/mol. The molecule has 2 amide bonds. The highest BCUT2D eigenvalue weighted by molar-refractivity contribution is 7.99. The summed E-state index contributed by atoms with van der Waals surface area (Å²) in [4.78, 5) is 25.0. The van der Waals surface area contributed by atoms with Crippen LogP contribution in [-0.2, 0) is 9.59 Å². The van der Waals surface area contributed by atoms with Gasteiger partial charge in [-0.1, -0.05) is 29.8 Å². The van der Waals surface area contributed by atoms with E-state index in [0.29, 0.717) is 11.4 Å². The highest BCUT2D eigenvalue weighted by Crippen LogP contribution is 2.21. The summed E-state index contributed by atoms with van der Waals surface area (Å²) in [5.41, 5.74) is 2.82. The third kappa shape index (κ3) is 6.73. The van der Waals surface area contributed by atoms with Crippen molar-refractivity contribution in [1.82, 2.24) is 5.32 Å². The van der Waals surface area contributed by atoms with Crippen molar-refractivity contribution in [3.8, 4) is 0 Å². The van der Waals surface area contributed by atoms with Crippen LogP contribution in [-0.4, -0.2) is 24.1 Å². The Bertz CT molecular complexity index is 743. The maximum absolute atomic E-state index is 12.0. The minimum Gasteiger partial charge on any atom is -0.347 e. The molecule has 0 unspecified atom stereocenters. The van der Waals surface area contributed by atoms with E-state index in [1.165, 1.54) is 0 Å². The van der Waals surface area contributed by atoms with Gasteiger partial charge in [-0.3, -0.25) is 9.59 Å². The maximum atomic E-state index is 12.0. The summed E-state index contributed by atoms with van der Waals surface area (Å²) < 4.78 is 0. The molecule has 138 valence electrons. The first-order valence-electron chi connectivity index (χ1n) is 8.47. The smallest absolute Gasteiger partial charge is 0.243 e. The lowest BCUT2D eigenvalue weighted by atomic mass is 10.1. The average molecular weight is 391 g/mol. The van der Waals surface area contributed by atoms with E-state index >= 15 is 0 Å². The molecule has 6 heteroatoms. The van der Waals surface area contributed by atoms with Gasteiger partial charge in [0.15, 0.2) is 0 Å². The van der Waals surface area contributed by atoms with E-state index in [2.05, 4.69) is 10.6 Å². The Labute approximate surface area is 163 Å². The van der Waals surface area contributed by atoms with Gasteiger partial charge in [0.25, 0.3) is 0 Å². The van der Waals surface area contributed by atoms with Gasteiger partial charge >= 0.3 is 0 Å². The number of rotatable bonds is 8. The molecule has 0 aliphatic rings. The van der Waals surface area contributed by atoms with Gasteiger partial charge in [-0.25, -0.2) is 0 Å². The fourth-order valence-corrected chi connectivity index (χ4v) is 3.39. The molecule has 2 rings (SSSR count). The lowest BCUT2D eigenvalue weighted by Crippen LogP contribution is -2.33. The van der Waals surface area contributed by atoms with Gasteiger partial charge in [-0.2, -0.15) is 0 Å². The predicted molar refractivity (Wildman–Crippen MR) is 109 cm³/mol. The molecule has 0 radical (unpaired) electrons. The number of amides is 2. The summed E-state index contributed by atoms with van der Waals surface area (Å²) in [5, 5.41) is 6.24. The van der Waals surface area contributed by atoms with Crippen molar-refractivity contribution in [1.29, 1.82) is 0 Å². The molecule has 2 N–H and O–H groups in total. The Morgan fingerprint density at radius 1 is 1.00 bits per heavy atom. The number of halogens is 1. The second-order valence-electron chi connectivity index (χ2n) is 6.00. The number of hydrogen-bond acceptors (Lipinski definition) is 3. The molecule has 4 nitrogen and oxygen atoms in total. The van der Waals surface area contributed by atoms with Crippen LogP contribution >= 0.6 is 23.4 Å². The van der Waals surface area contributed by atoms with E-state index in [4.69, 9.17) is 11.6 Å². The van der Waals surface area contributed by atoms with E-state index in [0.717, 1.165) is 33.9 Å². The Kier molecular flexibility index (Phi) is 8.01. The first-order chi connectivity index (χ1) is 12.5. The fourth-order valence-electron chi connectivity index (χ4n) is 2.42. The Balaban J connectivity index is 1.65. The van der Waals surface area contributed by atoms with Crippen LogP contribution in [0.15, 0.2) is 47.4 Å². The summed E-state index contributed by atoms with van der Waals surface area (Å²) >= 11 is 7.53. The standard InChI is InChI=1S/C20H23ClN2O2S/c1-14-5-3-6-15(2)20(14)23-19(25)13-22-18(24)7-4-12-26-17-10-8-16(21)9-11-17/h3,5-6,8-11H,4,7,12-13H2,1-2H3,(H,22,24)(H,23,25). The molecule has 0 aliphatic heterocycles. The van der Waals surface area contributed by atoms with Crippen LogP contribution in [0.1, 0.15) is 24.0 Å². The van der Waals surface area contributed by atoms with Crippen molar-refractivity contribution >= 4 is 40.9 Å². The quantitative estimate of drug-likeness (QED) is 0.512. The van der Waals surface area contributed by atoms with Gasteiger partial charge < -0.3 is 10.6 Å². The summed E-state index contributed by atoms with van der Waals surface area (Å²) in [5.74, 6) is 0.508. The third-order valence-electron chi connectivity index (χ3n) is 3.82. The van der Waals surface area contributed by atoms with Gasteiger partial charge in [0.1, 0.15) is 0 Å². The Morgan fingerprint density at radius 2 is 1.65 bits per heavy atom. The van der Waals surface area contributed by atoms with Crippen molar-refractivity contribution in [2.45, 2.75) is 31.6 Å². The van der Waals surface area contributed by atoms with Gasteiger partial charge in [-0.05, 0) is 61.4 Å². The van der Waals surface area contributed by atoms with Crippen LogP contribution in [0.5, 0.6) is 0 Å². The van der Waals surface area contributed by atoms with Crippen molar-refractivity contribution in [2.24, 2.45) is 0 Å². The summed E-state index contributed by atoms with van der Waals surface area (Å²) in [6.45, 7) is 3.87. The van der Waals surface area contributed by atoms with E-state index in [-0.39, 0.29) is 18.4 Å². The molecule has 0 atom stereocenters. The van der Waals surface area contributed by atoms with Gasteiger partial charge in [-0.15, -0.1) is 11.8 Å². The molecule has 0 spiro atoms. The lowest BCUT2D eigenvalue weighted by molar-refractivity contribution is -0.124. The number of benzene rings is 2. The zero-order chi connectivity index (χ0) is 18.9. The number of carbonyl (C=O) groups excluding carboxylic acids is 2. The van der Waals surface area contributed by atoms with Crippen LogP contribution in [0.25, 0.3) is 0 Å².